The molecular weight excluding hydrogens is 298 g/mol. The highest BCUT2D eigenvalue weighted by atomic mass is 32.1. The van der Waals surface area contributed by atoms with Crippen molar-refractivity contribution in [2.24, 2.45) is 0 Å². The highest BCUT2D eigenvalue weighted by Crippen LogP contribution is 2.31. The van der Waals surface area contributed by atoms with Crippen molar-refractivity contribution in [1.29, 1.82) is 0 Å². The highest BCUT2D eigenvalue weighted by Gasteiger charge is 2.16. The summed E-state index contributed by atoms with van der Waals surface area (Å²) in [5.74, 6) is -0.248. The Labute approximate surface area is 132 Å². The third-order valence-electron chi connectivity index (χ3n) is 3.75. The molecule has 0 saturated heterocycles. The zero-order chi connectivity index (χ0) is 15.9. The monoisotopic (exact) mass is 315 g/mol. The van der Waals surface area contributed by atoms with Gasteiger partial charge in [0.05, 0.1) is 12.1 Å². The first-order chi connectivity index (χ1) is 10.5. The van der Waals surface area contributed by atoms with Crippen molar-refractivity contribution in [3.05, 3.63) is 40.0 Å². The van der Waals surface area contributed by atoms with E-state index in [1.54, 1.807) is 11.3 Å². The lowest BCUT2D eigenvalue weighted by atomic mass is 10.0. The summed E-state index contributed by atoms with van der Waals surface area (Å²) in [6.45, 7) is 6.24. The van der Waals surface area contributed by atoms with Crippen LogP contribution < -0.4 is 0 Å². The lowest BCUT2D eigenvalue weighted by molar-refractivity contribution is -0.137. The van der Waals surface area contributed by atoms with Crippen molar-refractivity contribution in [1.82, 2.24) is 14.6 Å². The summed E-state index contributed by atoms with van der Waals surface area (Å²) >= 11 is 1.58. The summed E-state index contributed by atoms with van der Waals surface area (Å²) in [5, 5.41) is 13.3. The number of hydrogen-bond acceptors (Lipinski definition) is 4. The number of aliphatic carboxylic acids is 1. The molecule has 3 rings (SSSR count). The molecular formula is C16H17N3O2S. The van der Waals surface area contributed by atoms with Crippen molar-refractivity contribution in [2.75, 3.05) is 0 Å². The average Bonchev–Trinajstić information content (AvgIpc) is 2.96. The fourth-order valence-electron chi connectivity index (χ4n) is 2.42. The van der Waals surface area contributed by atoms with Crippen LogP contribution >= 0.6 is 11.3 Å². The van der Waals surface area contributed by atoms with E-state index >= 15 is 0 Å². The van der Waals surface area contributed by atoms with Gasteiger partial charge in [-0.25, -0.2) is 9.50 Å². The number of hydrogen-bond donors (Lipinski definition) is 1. The Hall–Kier alpha value is -2.21. The predicted octanol–water partition coefficient (Wildman–Crippen LogP) is 3.40. The number of fused-ring (bicyclic) bond motifs is 1. The summed E-state index contributed by atoms with van der Waals surface area (Å²) in [4.78, 5) is 17.1. The molecule has 0 aliphatic carbocycles. The molecule has 1 aromatic carbocycles. The minimum Gasteiger partial charge on any atom is -0.481 e. The van der Waals surface area contributed by atoms with Gasteiger partial charge in [-0.05, 0) is 38.0 Å². The molecule has 3 aromatic rings. The van der Waals surface area contributed by atoms with E-state index in [2.05, 4.69) is 49.1 Å². The van der Waals surface area contributed by atoms with E-state index in [-0.39, 0.29) is 6.42 Å². The minimum absolute atomic E-state index is 0.0514. The van der Waals surface area contributed by atoms with Gasteiger partial charge in [0.2, 0.25) is 4.96 Å². The van der Waals surface area contributed by atoms with Crippen LogP contribution in [-0.2, 0) is 11.2 Å². The fourth-order valence-corrected chi connectivity index (χ4v) is 3.37. The topological polar surface area (TPSA) is 67.5 Å². The van der Waals surface area contributed by atoms with E-state index in [1.165, 1.54) is 11.1 Å². The second-order valence-corrected chi connectivity index (χ2v) is 6.60. The first-order valence-corrected chi connectivity index (χ1v) is 7.92. The van der Waals surface area contributed by atoms with E-state index in [4.69, 9.17) is 5.11 Å². The summed E-state index contributed by atoms with van der Waals surface area (Å²) < 4.78 is 1.83. The van der Waals surface area contributed by atoms with Crippen molar-refractivity contribution in [2.45, 2.75) is 33.6 Å². The summed E-state index contributed by atoms with van der Waals surface area (Å²) in [6.07, 6.45) is 0.408. The average molecular weight is 315 g/mol. The maximum Gasteiger partial charge on any atom is 0.303 e. The van der Waals surface area contributed by atoms with Gasteiger partial charge in [-0.2, -0.15) is 0 Å². The molecule has 2 heterocycles. The van der Waals surface area contributed by atoms with Gasteiger partial charge in [0.1, 0.15) is 0 Å². The van der Waals surface area contributed by atoms with Crippen molar-refractivity contribution in [3.63, 3.8) is 0 Å². The SMILES string of the molecule is Cc1ccc(-c2c(C)sc3nc(CCC(=O)O)nn23)cc1C. The number of benzene rings is 1. The molecule has 6 heteroatoms. The van der Waals surface area contributed by atoms with Gasteiger partial charge in [0, 0.05) is 16.9 Å². The van der Waals surface area contributed by atoms with E-state index in [9.17, 15) is 4.79 Å². The number of thiazole rings is 1. The molecule has 0 atom stereocenters. The van der Waals surface area contributed by atoms with Crippen LogP contribution in [0, 0.1) is 20.8 Å². The quantitative estimate of drug-likeness (QED) is 0.801. The molecule has 5 nitrogen and oxygen atoms in total. The van der Waals surface area contributed by atoms with Crippen LogP contribution in [0.3, 0.4) is 0 Å². The molecule has 0 amide bonds. The number of aromatic nitrogens is 3. The molecule has 1 N–H and O–H groups in total. The Morgan fingerprint density at radius 2 is 2.05 bits per heavy atom. The third kappa shape index (κ3) is 2.62. The number of aryl methyl sites for hydroxylation is 4. The van der Waals surface area contributed by atoms with Crippen molar-refractivity contribution < 1.29 is 9.90 Å². The molecule has 0 aliphatic rings. The zero-order valence-electron chi connectivity index (χ0n) is 12.8. The van der Waals surface area contributed by atoms with Gasteiger partial charge in [0.25, 0.3) is 0 Å². The van der Waals surface area contributed by atoms with Crippen molar-refractivity contribution >= 4 is 22.3 Å². The van der Waals surface area contributed by atoms with E-state index in [1.807, 2.05) is 4.52 Å². The Balaban J connectivity index is 2.06. The van der Waals surface area contributed by atoms with Gasteiger partial charge in [-0.3, -0.25) is 4.79 Å². The third-order valence-corrected chi connectivity index (χ3v) is 4.70. The van der Waals surface area contributed by atoms with Gasteiger partial charge in [0.15, 0.2) is 5.82 Å². The van der Waals surface area contributed by atoms with E-state index in [0.29, 0.717) is 12.2 Å². The molecule has 114 valence electrons. The van der Waals surface area contributed by atoms with Crippen molar-refractivity contribution in [3.8, 4) is 11.3 Å². The van der Waals surface area contributed by atoms with Crippen LogP contribution in [0.1, 0.15) is 28.2 Å². The smallest absolute Gasteiger partial charge is 0.303 e. The number of rotatable bonds is 4. The van der Waals surface area contributed by atoms with Crippen LogP contribution in [0.2, 0.25) is 0 Å². The molecule has 0 unspecified atom stereocenters. The Morgan fingerprint density at radius 1 is 1.27 bits per heavy atom. The number of carboxylic acid groups (broad SMARTS) is 1. The van der Waals surface area contributed by atoms with Crippen LogP contribution in [0.25, 0.3) is 16.2 Å². The maximum absolute atomic E-state index is 10.7. The van der Waals surface area contributed by atoms with Crippen LogP contribution in [-0.4, -0.2) is 25.7 Å². The molecule has 0 radical (unpaired) electrons. The lowest BCUT2D eigenvalue weighted by Crippen LogP contribution is -1.99. The van der Waals surface area contributed by atoms with Gasteiger partial charge in [-0.15, -0.1) is 5.10 Å². The molecule has 0 spiro atoms. The summed E-state index contributed by atoms with van der Waals surface area (Å²) in [5.41, 5.74) is 4.65. The Kier molecular flexibility index (Phi) is 3.70. The van der Waals surface area contributed by atoms with Crippen LogP contribution in [0.5, 0.6) is 0 Å². The van der Waals surface area contributed by atoms with E-state index < -0.39 is 5.97 Å². The molecule has 0 fully saturated rings. The van der Waals surface area contributed by atoms with Gasteiger partial charge < -0.3 is 5.11 Å². The first kappa shape index (κ1) is 14.7. The second kappa shape index (κ2) is 5.53. The molecule has 2 aromatic heterocycles. The van der Waals surface area contributed by atoms with Crippen LogP contribution in [0.15, 0.2) is 18.2 Å². The lowest BCUT2D eigenvalue weighted by Gasteiger charge is -2.05. The summed E-state index contributed by atoms with van der Waals surface area (Å²) in [7, 11) is 0. The zero-order valence-corrected chi connectivity index (χ0v) is 13.6. The highest BCUT2D eigenvalue weighted by molar-refractivity contribution is 7.17. The van der Waals surface area contributed by atoms with E-state index in [0.717, 1.165) is 21.1 Å². The van der Waals surface area contributed by atoms with Crippen LogP contribution in [0.4, 0.5) is 0 Å². The molecule has 0 saturated carbocycles. The molecule has 0 bridgehead atoms. The standard InChI is InChI=1S/C16H17N3O2S/c1-9-4-5-12(8-10(9)2)15-11(3)22-16-17-13(18-19(15)16)6-7-14(20)21/h4-5,8H,6-7H2,1-3H3,(H,20,21). The Morgan fingerprint density at radius 3 is 2.73 bits per heavy atom. The van der Waals surface area contributed by atoms with Gasteiger partial charge in [-0.1, -0.05) is 23.5 Å². The number of carbonyl (C=O) groups is 1. The summed E-state index contributed by atoms with van der Waals surface area (Å²) in [6, 6.07) is 6.35. The predicted molar refractivity (Wildman–Crippen MR) is 86.5 cm³/mol. The minimum atomic E-state index is -0.830. The Bertz CT molecular complexity index is 864. The normalized spacial score (nSPS) is 11.2. The fraction of sp³-hybridized carbons (Fsp3) is 0.312. The second-order valence-electron chi connectivity index (χ2n) is 5.42. The maximum atomic E-state index is 10.7. The molecule has 0 aliphatic heterocycles. The first-order valence-electron chi connectivity index (χ1n) is 7.10. The largest absolute Gasteiger partial charge is 0.481 e. The molecule has 22 heavy (non-hydrogen) atoms. The van der Waals surface area contributed by atoms with Gasteiger partial charge >= 0.3 is 5.97 Å². The number of carboxylic acids is 1. The number of nitrogens with zero attached hydrogens (tertiary/aromatic N) is 3.